The lowest BCUT2D eigenvalue weighted by molar-refractivity contribution is 0.506. The van der Waals surface area contributed by atoms with Crippen LogP contribution in [-0.2, 0) is 7.05 Å². The Morgan fingerprint density at radius 2 is 1.87 bits per heavy atom. The maximum atomic E-state index is 13.3. The average Bonchev–Trinajstić information content (AvgIpc) is 3.33. The fraction of sp³-hybridized carbons (Fsp3) is 0.318. The number of benzene rings is 1. The predicted molar refractivity (Wildman–Crippen MR) is 120 cm³/mol. The zero-order chi connectivity index (χ0) is 21.7. The van der Waals surface area contributed by atoms with Gasteiger partial charge in [-0.15, -0.1) is 0 Å². The molecule has 4 heterocycles. The molecule has 1 fully saturated rings. The van der Waals surface area contributed by atoms with E-state index in [0.29, 0.717) is 21.8 Å². The van der Waals surface area contributed by atoms with E-state index in [1.165, 1.54) is 41.2 Å². The number of aryl methyl sites for hydroxylation is 2. The average molecular weight is 440 g/mol. The molecule has 0 bridgehead atoms. The van der Waals surface area contributed by atoms with Gasteiger partial charge in [-0.05, 0) is 61.1 Å². The van der Waals surface area contributed by atoms with E-state index in [-0.39, 0.29) is 5.56 Å². The second-order valence-electron chi connectivity index (χ2n) is 7.99. The Morgan fingerprint density at radius 1 is 1.16 bits per heavy atom. The van der Waals surface area contributed by atoms with Gasteiger partial charge in [0.2, 0.25) is 0 Å². The summed E-state index contributed by atoms with van der Waals surface area (Å²) in [6, 6.07) is 5.35. The number of halogens is 1. The molecular weight excluding hydrogens is 417 g/mol. The summed E-state index contributed by atoms with van der Waals surface area (Å²) < 4.78 is 16.2. The molecule has 0 spiro atoms. The van der Waals surface area contributed by atoms with Crippen LogP contribution >= 0.6 is 11.3 Å². The van der Waals surface area contributed by atoms with Crippen molar-refractivity contribution in [3.05, 3.63) is 74.4 Å². The highest BCUT2D eigenvalue weighted by atomic mass is 32.1. The number of aromatic nitrogens is 4. The molecule has 1 aliphatic heterocycles. The standard InChI is InChI=1S/C22H22FN5O2S/c1-13-18-19(25-22(30)28(20(18)29)17-5-3-16(23)4-6-17)31-21(13)27-9-7-14(8-10-27)15-11-24-26(2)12-15/h3-6,11-12,14H,7-10H2,1-2H3,(H,25,30). The van der Waals surface area contributed by atoms with Crippen LogP contribution in [0.1, 0.15) is 29.9 Å². The molecule has 3 aromatic heterocycles. The summed E-state index contributed by atoms with van der Waals surface area (Å²) in [5, 5.41) is 5.81. The Hall–Kier alpha value is -3.20. The van der Waals surface area contributed by atoms with Gasteiger partial charge in [0.25, 0.3) is 5.56 Å². The SMILES string of the molecule is Cc1c(N2CCC(c3cnn(C)c3)CC2)sc2[nH]c(=O)n(-c3ccc(F)cc3)c(=O)c12. The molecule has 1 N–H and O–H groups in total. The maximum absolute atomic E-state index is 13.3. The highest BCUT2D eigenvalue weighted by Gasteiger charge is 2.26. The predicted octanol–water partition coefficient (Wildman–Crippen LogP) is 3.31. The molecule has 0 aliphatic carbocycles. The zero-order valence-electron chi connectivity index (χ0n) is 17.3. The van der Waals surface area contributed by atoms with Crippen molar-refractivity contribution in [2.45, 2.75) is 25.7 Å². The highest BCUT2D eigenvalue weighted by Crippen LogP contribution is 2.38. The number of rotatable bonds is 3. The summed E-state index contributed by atoms with van der Waals surface area (Å²) in [5.74, 6) is 0.0631. The monoisotopic (exact) mass is 439 g/mol. The van der Waals surface area contributed by atoms with E-state index >= 15 is 0 Å². The van der Waals surface area contributed by atoms with E-state index in [2.05, 4.69) is 21.2 Å². The quantitative estimate of drug-likeness (QED) is 0.532. The van der Waals surface area contributed by atoms with Crippen LogP contribution in [0.2, 0.25) is 0 Å². The summed E-state index contributed by atoms with van der Waals surface area (Å²) in [5.41, 5.74) is 1.58. The van der Waals surface area contributed by atoms with Crippen LogP contribution in [0.3, 0.4) is 0 Å². The maximum Gasteiger partial charge on any atom is 0.334 e. The van der Waals surface area contributed by atoms with E-state index in [1.54, 1.807) is 0 Å². The molecule has 4 aromatic rings. The second kappa shape index (κ2) is 7.49. The number of thiophene rings is 1. The minimum atomic E-state index is -0.521. The Bertz CT molecular complexity index is 1370. The number of piperidine rings is 1. The van der Waals surface area contributed by atoms with E-state index in [4.69, 9.17) is 0 Å². The van der Waals surface area contributed by atoms with Crippen LogP contribution in [0.25, 0.3) is 15.9 Å². The first-order chi connectivity index (χ1) is 14.9. The van der Waals surface area contributed by atoms with Gasteiger partial charge in [-0.2, -0.15) is 5.10 Å². The van der Waals surface area contributed by atoms with Crippen LogP contribution in [-0.4, -0.2) is 32.4 Å². The van der Waals surface area contributed by atoms with Crippen LogP contribution in [0.4, 0.5) is 9.39 Å². The summed E-state index contributed by atoms with van der Waals surface area (Å²) in [6.45, 7) is 3.68. The van der Waals surface area contributed by atoms with Crippen molar-refractivity contribution in [1.29, 1.82) is 0 Å². The van der Waals surface area contributed by atoms with Gasteiger partial charge < -0.3 is 4.90 Å². The molecule has 0 radical (unpaired) electrons. The number of fused-ring (bicyclic) bond motifs is 1. The first kappa shape index (κ1) is 19.7. The highest BCUT2D eigenvalue weighted by molar-refractivity contribution is 7.22. The van der Waals surface area contributed by atoms with Crippen molar-refractivity contribution < 1.29 is 4.39 Å². The van der Waals surface area contributed by atoms with Gasteiger partial charge in [-0.1, -0.05) is 11.3 Å². The lowest BCUT2D eigenvalue weighted by Crippen LogP contribution is -2.33. The Kier molecular flexibility index (Phi) is 4.77. The van der Waals surface area contributed by atoms with E-state index < -0.39 is 11.5 Å². The second-order valence-corrected chi connectivity index (χ2v) is 8.99. The van der Waals surface area contributed by atoms with Crippen molar-refractivity contribution in [3.8, 4) is 5.69 Å². The zero-order valence-corrected chi connectivity index (χ0v) is 18.1. The molecule has 0 atom stereocenters. The van der Waals surface area contributed by atoms with E-state index in [1.807, 2.05) is 24.9 Å². The van der Waals surface area contributed by atoms with Crippen molar-refractivity contribution >= 4 is 26.6 Å². The third kappa shape index (κ3) is 3.38. The summed E-state index contributed by atoms with van der Waals surface area (Å²) in [6.07, 6.45) is 6.03. The molecule has 7 nitrogen and oxygen atoms in total. The number of nitrogens with one attached hydrogen (secondary N) is 1. The number of hydrogen-bond donors (Lipinski definition) is 1. The molecule has 1 aliphatic rings. The Labute approximate surface area is 181 Å². The molecule has 0 unspecified atom stereocenters. The van der Waals surface area contributed by atoms with Crippen molar-refractivity contribution in [1.82, 2.24) is 19.3 Å². The minimum absolute atomic E-state index is 0.346. The van der Waals surface area contributed by atoms with Gasteiger partial charge in [0, 0.05) is 26.3 Å². The van der Waals surface area contributed by atoms with Crippen molar-refractivity contribution in [2.24, 2.45) is 7.05 Å². The van der Waals surface area contributed by atoms with Crippen LogP contribution in [0, 0.1) is 12.7 Å². The van der Waals surface area contributed by atoms with Crippen molar-refractivity contribution in [2.75, 3.05) is 18.0 Å². The first-order valence-electron chi connectivity index (χ1n) is 10.2. The number of hydrogen-bond acceptors (Lipinski definition) is 5. The van der Waals surface area contributed by atoms with Crippen LogP contribution in [0.5, 0.6) is 0 Å². The molecular formula is C22H22FN5O2S. The lowest BCUT2D eigenvalue weighted by atomic mass is 9.91. The molecule has 9 heteroatoms. The molecule has 0 amide bonds. The largest absolute Gasteiger partial charge is 0.363 e. The molecule has 1 aromatic carbocycles. The number of nitrogens with zero attached hydrogens (tertiary/aromatic N) is 4. The Balaban J connectivity index is 1.49. The lowest BCUT2D eigenvalue weighted by Gasteiger charge is -2.32. The van der Waals surface area contributed by atoms with Crippen molar-refractivity contribution in [3.63, 3.8) is 0 Å². The van der Waals surface area contributed by atoms with Crippen LogP contribution in [0.15, 0.2) is 46.2 Å². The summed E-state index contributed by atoms with van der Waals surface area (Å²) >= 11 is 1.45. The molecule has 5 rings (SSSR count). The van der Waals surface area contributed by atoms with E-state index in [9.17, 15) is 14.0 Å². The molecule has 31 heavy (non-hydrogen) atoms. The Morgan fingerprint density at radius 3 is 2.52 bits per heavy atom. The first-order valence-corrected chi connectivity index (χ1v) is 11.0. The fourth-order valence-corrected chi connectivity index (χ4v) is 5.64. The number of H-pyrrole nitrogens is 1. The van der Waals surface area contributed by atoms with Gasteiger partial charge in [0.05, 0.1) is 22.3 Å². The number of anilines is 1. The third-order valence-electron chi connectivity index (χ3n) is 6.03. The smallest absolute Gasteiger partial charge is 0.334 e. The van der Waals surface area contributed by atoms with Gasteiger partial charge in [0.15, 0.2) is 0 Å². The summed E-state index contributed by atoms with van der Waals surface area (Å²) in [4.78, 5) is 31.6. The topological polar surface area (TPSA) is 75.9 Å². The van der Waals surface area contributed by atoms with Gasteiger partial charge in [-0.3, -0.25) is 14.5 Å². The fourth-order valence-electron chi connectivity index (χ4n) is 4.40. The molecule has 0 saturated carbocycles. The van der Waals surface area contributed by atoms with Crippen LogP contribution < -0.4 is 16.1 Å². The van der Waals surface area contributed by atoms with Gasteiger partial charge in [0.1, 0.15) is 10.6 Å². The van der Waals surface area contributed by atoms with E-state index in [0.717, 1.165) is 41.1 Å². The van der Waals surface area contributed by atoms with Gasteiger partial charge >= 0.3 is 5.69 Å². The summed E-state index contributed by atoms with van der Waals surface area (Å²) in [7, 11) is 1.93. The minimum Gasteiger partial charge on any atom is -0.363 e. The normalized spacial score (nSPS) is 15.1. The number of aromatic amines is 1. The molecule has 160 valence electrons. The third-order valence-corrected chi connectivity index (χ3v) is 7.29. The molecule has 1 saturated heterocycles. The van der Waals surface area contributed by atoms with Gasteiger partial charge in [-0.25, -0.2) is 13.8 Å².